The van der Waals surface area contributed by atoms with E-state index in [-0.39, 0.29) is 23.4 Å². The maximum atomic E-state index is 11.9. The van der Waals surface area contributed by atoms with Crippen molar-refractivity contribution in [1.29, 1.82) is 0 Å². The third-order valence-electron chi connectivity index (χ3n) is 3.07. The van der Waals surface area contributed by atoms with Gasteiger partial charge in [0.2, 0.25) is 0 Å². The van der Waals surface area contributed by atoms with Crippen LogP contribution in [0.1, 0.15) is 27.6 Å². The summed E-state index contributed by atoms with van der Waals surface area (Å²) < 4.78 is 9.71. The Balaban J connectivity index is 1.99. The smallest absolute Gasteiger partial charge is 0.344 e. The third-order valence-corrected chi connectivity index (χ3v) is 3.07. The predicted octanol–water partition coefficient (Wildman–Crippen LogP) is 1.35. The maximum absolute atomic E-state index is 11.9. The first-order chi connectivity index (χ1) is 12.0. The van der Waals surface area contributed by atoms with Gasteiger partial charge in [0.1, 0.15) is 5.56 Å². The van der Waals surface area contributed by atoms with Gasteiger partial charge in [-0.3, -0.25) is 9.59 Å². The molecule has 0 bridgehead atoms. The summed E-state index contributed by atoms with van der Waals surface area (Å²) >= 11 is 0. The van der Waals surface area contributed by atoms with Crippen LogP contribution in [0.3, 0.4) is 0 Å². The predicted molar refractivity (Wildman–Crippen MR) is 88.4 cm³/mol. The summed E-state index contributed by atoms with van der Waals surface area (Å²) in [7, 11) is 0. The molecule has 0 saturated heterocycles. The summed E-state index contributed by atoms with van der Waals surface area (Å²) in [5.74, 6) is -2.15. The van der Waals surface area contributed by atoms with Gasteiger partial charge in [-0.1, -0.05) is 12.1 Å². The van der Waals surface area contributed by atoms with Crippen LogP contribution < -0.4 is 10.9 Å². The van der Waals surface area contributed by atoms with E-state index < -0.39 is 30.0 Å². The van der Waals surface area contributed by atoms with Crippen LogP contribution in [0.15, 0.2) is 47.4 Å². The number of aromatic amines is 1. The summed E-state index contributed by atoms with van der Waals surface area (Å²) in [6.07, 6.45) is 1.37. The van der Waals surface area contributed by atoms with E-state index in [0.717, 1.165) is 0 Å². The Hall–Kier alpha value is -3.42. The Bertz CT molecular complexity index is 843. The van der Waals surface area contributed by atoms with Crippen LogP contribution in [0.2, 0.25) is 0 Å². The van der Waals surface area contributed by atoms with E-state index in [9.17, 15) is 19.2 Å². The number of rotatable bonds is 6. The highest BCUT2D eigenvalue weighted by Gasteiger charge is 2.16. The zero-order valence-electron chi connectivity index (χ0n) is 13.4. The lowest BCUT2D eigenvalue weighted by Crippen LogP contribution is -2.25. The molecule has 1 heterocycles. The van der Waals surface area contributed by atoms with E-state index in [1.165, 1.54) is 30.5 Å². The molecule has 0 aliphatic heterocycles. The second-order valence-corrected chi connectivity index (χ2v) is 4.80. The highest BCUT2D eigenvalue weighted by Crippen LogP contribution is 2.16. The molecule has 1 amide bonds. The second-order valence-electron chi connectivity index (χ2n) is 4.80. The fourth-order valence-corrected chi connectivity index (χ4v) is 1.96. The van der Waals surface area contributed by atoms with Gasteiger partial charge in [0, 0.05) is 6.20 Å². The standard InChI is InChI=1S/C17H16N2O6/c1-2-24-16(22)11-6-3-4-8-13(11)19-14(20)10-25-17(23)12-7-5-9-18-15(12)21/h3-9H,2,10H2,1H3,(H,18,21)(H,19,20). The summed E-state index contributed by atoms with van der Waals surface area (Å²) in [4.78, 5) is 49.4. The minimum atomic E-state index is -0.921. The SMILES string of the molecule is CCOC(=O)c1ccccc1NC(=O)COC(=O)c1ccc[nH]c1=O. The van der Waals surface area contributed by atoms with Crippen LogP contribution in [0, 0.1) is 0 Å². The fourth-order valence-electron chi connectivity index (χ4n) is 1.96. The number of hydrogen-bond donors (Lipinski definition) is 2. The molecule has 2 N–H and O–H groups in total. The first kappa shape index (κ1) is 17.9. The van der Waals surface area contributed by atoms with Gasteiger partial charge in [-0.05, 0) is 31.2 Å². The molecule has 0 aliphatic carbocycles. The lowest BCUT2D eigenvalue weighted by Gasteiger charge is -2.10. The number of benzene rings is 1. The average molecular weight is 344 g/mol. The van der Waals surface area contributed by atoms with Crippen LogP contribution in [-0.2, 0) is 14.3 Å². The molecule has 2 aromatic rings. The van der Waals surface area contributed by atoms with Gasteiger partial charge < -0.3 is 19.8 Å². The molecule has 25 heavy (non-hydrogen) atoms. The number of carbonyl (C=O) groups excluding carboxylic acids is 3. The molecule has 0 saturated carbocycles. The number of esters is 2. The molecule has 0 radical (unpaired) electrons. The van der Waals surface area contributed by atoms with Crippen molar-refractivity contribution in [2.24, 2.45) is 0 Å². The van der Waals surface area contributed by atoms with Gasteiger partial charge in [0.25, 0.3) is 11.5 Å². The van der Waals surface area contributed by atoms with E-state index in [4.69, 9.17) is 9.47 Å². The molecule has 0 unspecified atom stereocenters. The minimum Gasteiger partial charge on any atom is -0.462 e. The van der Waals surface area contributed by atoms with Crippen LogP contribution in [0.5, 0.6) is 0 Å². The van der Waals surface area contributed by atoms with Crippen LogP contribution in [-0.4, -0.2) is 36.0 Å². The van der Waals surface area contributed by atoms with E-state index in [1.54, 1.807) is 19.1 Å². The normalized spacial score (nSPS) is 9.96. The third kappa shape index (κ3) is 4.77. The average Bonchev–Trinajstić information content (AvgIpc) is 2.60. The van der Waals surface area contributed by atoms with Crippen LogP contribution >= 0.6 is 0 Å². The van der Waals surface area contributed by atoms with Gasteiger partial charge in [-0.15, -0.1) is 0 Å². The second kappa shape index (κ2) is 8.44. The molecule has 0 fully saturated rings. The summed E-state index contributed by atoms with van der Waals surface area (Å²) in [6, 6.07) is 9.04. The molecule has 1 aromatic heterocycles. The lowest BCUT2D eigenvalue weighted by atomic mass is 10.2. The van der Waals surface area contributed by atoms with Gasteiger partial charge >= 0.3 is 11.9 Å². The van der Waals surface area contributed by atoms with Crippen molar-refractivity contribution in [1.82, 2.24) is 4.98 Å². The van der Waals surface area contributed by atoms with Crippen molar-refractivity contribution in [3.8, 4) is 0 Å². The van der Waals surface area contributed by atoms with Crippen molar-refractivity contribution in [3.63, 3.8) is 0 Å². The molecule has 8 heteroatoms. The number of para-hydroxylation sites is 1. The van der Waals surface area contributed by atoms with Crippen molar-refractivity contribution in [2.45, 2.75) is 6.92 Å². The van der Waals surface area contributed by atoms with Crippen LogP contribution in [0.4, 0.5) is 5.69 Å². The number of nitrogens with one attached hydrogen (secondary N) is 2. The first-order valence-corrected chi connectivity index (χ1v) is 7.43. The largest absolute Gasteiger partial charge is 0.462 e. The summed E-state index contributed by atoms with van der Waals surface area (Å²) in [6.45, 7) is 1.26. The Labute approximate surface area is 142 Å². The number of aromatic nitrogens is 1. The molecule has 130 valence electrons. The quantitative estimate of drug-likeness (QED) is 0.765. The zero-order chi connectivity index (χ0) is 18.2. The summed E-state index contributed by atoms with van der Waals surface area (Å²) in [5.41, 5.74) is -0.397. The number of hydrogen-bond acceptors (Lipinski definition) is 6. The molecule has 1 aromatic carbocycles. The monoisotopic (exact) mass is 344 g/mol. The molecule has 0 aliphatic rings. The maximum Gasteiger partial charge on any atom is 0.344 e. The number of H-pyrrole nitrogens is 1. The Morgan fingerprint density at radius 2 is 1.68 bits per heavy atom. The summed E-state index contributed by atoms with van der Waals surface area (Å²) in [5, 5.41) is 2.47. The van der Waals surface area contributed by atoms with Gasteiger partial charge in [0.05, 0.1) is 17.9 Å². The van der Waals surface area contributed by atoms with E-state index >= 15 is 0 Å². The van der Waals surface area contributed by atoms with Crippen molar-refractivity contribution in [3.05, 3.63) is 64.1 Å². The molecular formula is C17H16N2O6. The minimum absolute atomic E-state index is 0.184. The molecule has 0 spiro atoms. The molecule has 8 nitrogen and oxygen atoms in total. The number of pyridine rings is 1. The van der Waals surface area contributed by atoms with E-state index in [1.807, 2.05) is 0 Å². The molecule has 0 atom stereocenters. The number of carbonyl (C=O) groups is 3. The Morgan fingerprint density at radius 1 is 1.00 bits per heavy atom. The number of anilines is 1. The molecular weight excluding hydrogens is 328 g/mol. The van der Waals surface area contributed by atoms with Crippen molar-refractivity contribution < 1.29 is 23.9 Å². The first-order valence-electron chi connectivity index (χ1n) is 7.43. The van der Waals surface area contributed by atoms with Gasteiger partial charge in [0.15, 0.2) is 6.61 Å². The molecule has 2 rings (SSSR count). The highest BCUT2D eigenvalue weighted by atomic mass is 16.5. The van der Waals surface area contributed by atoms with Gasteiger partial charge in [-0.25, -0.2) is 9.59 Å². The van der Waals surface area contributed by atoms with Gasteiger partial charge in [-0.2, -0.15) is 0 Å². The Kier molecular flexibility index (Phi) is 6.05. The topological polar surface area (TPSA) is 115 Å². The fraction of sp³-hybridized carbons (Fsp3) is 0.176. The lowest BCUT2D eigenvalue weighted by molar-refractivity contribution is -0.119. The Morgan fingerprint density at radius 3 is 2.40 bits per heavy atom. The van der Waals surface area contributed by atoms with E-state index in [2.05, 4.69) is 10.3 Å². The van der Waals surface area contributed by atoms with Crippen LogP contribution in [0.25, 0.3) is 0 Å². The van der Waals surface area contributed by atoms with Crippen molar-refractivity contribution in [2.75, 3.05) is 18.5 Å². The highest BCUT2D eigenvalue weighted by molar-refractivity contribution is 6.02. The van der Waals surface area contributed by atoms with E-state index in [0.29, 0.717) is 0 Å². The zero-order valence-corrected chi connectivity index (χ0v) is 13.4. The number of amides is 1. The van der Waals surface area contributed by atoms with Crippen molar-refractivity contribution >= 4 is 23.5 Å². The number of ether oxygens (including phenoxy) is 2.